The second kappa shape index (κ2) is 6.72. The third-order valence-electron chi connectivity index (χ3n) is 5.50. The molecule has 0 saturated carbocycles. The van der Waals surface area contributed by atoms with Gasteiger partial charge in [-0.1, -0.05) is 18.2 Å². The summed E-state index contributed by atoms with van der Waals surface area (Å²) in [6, 6.07) is 7.63. The zero-order valence-electron chi connectivity index (χ0n) is 15.3. The Balaban J connectivity index is 1.78. The van der Waals surface area contributed by atoms with Gasteiger partial charge in [0, 0.05) is 35.6 Å². The van der Waals surface area contributed by atoms with Crippen LogP contribution in [0.4, 0.5) is 10.2 Å². The Kier molecular flexibility index (Phi) is 4.41. The number of halogens is 1. The molecule has 3 N–H and O–H groups in total. The van der Waals surface area contributed by atoms with Crippen molar-refractivity contribution in [1.82, 2.24) is 15.2 Å². The molecule has 1 aromatic heterocycles. The molecule has 4 rings (SSSR count). The number of rotatable bonds is 3. The van der Waals surface area contributed by atoms with E-state index < -0.39 is 0 Å². The number of pyridine rings is 1. The number of nitrogen functional groups attached to an aromatic ring is 1. The Labute approximate surface area is 153 Å². The van der Waals surface area contributed by atoms with Crippen molar-refractivity contribution in [1.29, 1.82) is 0 Å². The van der Waals surface area contributed by atoms with Gasteiger partial charge in [-0.3, -0.25) is 0 Å². The molecule has 0 amide bonds. The number of likely N-dealkylation sites (N-methyl/N-ethyl adjacent to an activating group) is 1. The lowest BCUT2D eigenvalue weighted by Crippen LogP contribution is -2.41. The molecule has 2 aromatic rings. The molecule has 0 radical (unpaired) electrons. The second-order valence-corrected chi connectivity index (χ2v) is 7.51. The molecule has 2 heterocycles. The zero-order chi connectivity index (χ0) is 18.3. The molecule has 0 spiro atoms. The molecular weight excluding hydrogens is 327 g/mol. The fourth-order valence-corrected chi connectivity index (χ4v) is 4.22. The van der Waals surface area contributed by atoms with E-state index in [1.165, 1.54) is 0 Å². The second-order valence-electron chi connectivity index (χ2n) is 7.51. The van der Waals surface area contributed by atoms with E-state index in [0.29, 0.717) is 11.9 Å². The smallest absolute Gasteiger partial charge is 0.127 e. The first kappa shape index (κ1) is 17.0. The van der Waals surface area contributed by atoms with Crippen molar-refractivity contribution in [3.63, 3.8) is 0 Å². The van der Waals surface area contributed by atoms with Gasteiger partial charge in [0.15, 0.2) is 0 Å². The largest absolute Gasteiger partial charge is 0.384 e. The number of hydrogen-bond donors (Lipinski definition) is 2. The van der Waals surface area contributed by atoms with Crippen molar-refractivity contribution in [2.45, 2.75) is 31.7 Å². The maximum Gasteiger partial charge on any atom is 0.127 e. The van der Waals surface area contributed by atoms with Crippen molar-refractivity contribution in [2.24, 2.45) is 0 Å². The molecule has 1 saturated heterocycles. The summed E-state index contributed by atoms with van der Waals surface area (Å²) < 4.78 is 14.6. The normalized spacial score (nSPS) is 22.8. The monoisotopic (exact) mass is 352 g/mol. The van der Waals surface area contributed by atoms with E-state index in [4.69, 9.17) is 5.73 Å². The van der Waals surface area contributed by atoms with Crippen LogP contribution in [0.15, 0.2) is 30.5 Å². The molecule has 1 fully saturated rings. The first-order valence-corrected chi connectivity index (χ1v) is 9.18. The lowest BCUT2D eigenvalue weighted by molar-refractivity contribution is 0.405. The summed E-state index contributed by atoms with van der Waals surface area (Å²) in [6.07, 6.45) is 5.79. The van der Waals surface area contributed by atoms with Crippen LogP contribution in [-0.2, 0) is 0 Å². The molecule has 2 atom stereocenters. The standard InChI is InChI=1S/C21H25FN4/c1-13-4-3-5-18(22)21(13)14-8-15-11-24-20(23)10-17(15)19(9-14)25-16-6-7-26(2)12-16/h3-5,8,10-11,14,16,25H,6-7,9,12,23H2,1-2H3. The quantitative estimate of drug-likeness (QED) is 0.879. The highest BCUT2D eigenvalue weighted by molar-refractivity contribution is 5.58. The van der Waals surface area contributed by atoms with Crippen molar-refractivity contribution >= 4 is 17.6 Å². The Hall–Kier alpha value is -2.40. The third-order valence-corrected chi connectivity index (χ3v) is 5.50. The van der Waals surface area contributed by atoms with Gasteiger partial charge in [0.25, 0.3) is 0 Å². The number of hydrogen-bond acceptors (Lipinski definition) is 4. The molecule has 2 unspecified atom stereocenters. The molecule has 1 aromatic carbocycles. The predicted molar refractivity (Wildman–Crippen MR) is 103 cm³/mol. The van der Waals surface area contributed by atoms with Crippen LogP contribution < -0.4 is 21.5 Å². The van der Waals surface area contributed by atoms with Gasteiger partial charge < -0.3 is 16.0 Å². The van der Waals surface area contributed by atoms with Crippen LogP contribution in [0.1, 0.15) is 29.9 Å². The van der Waals surface area contributed by atoms with Crippen molar-refractivity contribution < 1.29 is 4.39 Å². The lowest BCUT2D eigenvalue weighted by atomic mass is 9.86. The number of benzene rings is 1. The Morgan fingerprint density at radius 1 is 1.35 bits per heavy atom. The number of fused-ring (bicyclic) bond motifs is 1. The van der Waals surface area contributed by atoms with Crippen LogP contribution in [0.25, 0.3) is 11.8 Å². The highest BCUT2D eigenvalue weighted by Gasteiger charge is 2.25. The van der Waals surface area contributed by atoms with Crippen LogP contribution in [0.3, 0.4) is 0 Å². The van der Waals surface area contributed by atoms with E-state index in [0.717, 1.165) is 53.2 Å². The van der Waals surface area contributed by atoms with Crippen LogP contribution >= 0.6 is 0 Å². The van der Waals surface area contributed by atoms with Gasteiger partial charge in [0.1, 0.15) is 11.6 Å². The average Bonchev–Trinajstić information content (AvgIpc) is 3.00. The van der Waals surface area contributed by atoms with Crippen LogP contribution in [0.2, 0.25) is 0 Å². The molecule has 2 aliphatic rings. The topological polar surface area (TPSA) is 54.2 Å². The van der Waals surface area contributed by atoms with Gasteiger partial charge in [-0.2, -0.15) is 0 Å². The number of likely N-dealkylation sites (tertiary alicyclic amines) is 1. The molecule has 26 heavy (non-hydrogen) atoms. The summed E-state index contributed by atoms with van der Waals surface area (Å²) in [5.41, 5.74) is 8.84. The van der Waals surface area contributed by atoms with E-state index >= 15 is 0 Å². The van der Waals surface area contributed by atoms with Crippen LogP contribution in [-0.4, -0.2) is 36.1 Å². The molecule has 5 heteroatoms. The van der Waals surface area contributed by atoms with E-state index in [-0.39, 0.29) is 11.7 Å². The maximum atomic E-state index is 14.6. The number of anilines is 1. The van der Waals surface area contributed by atoms with Gasteiger partial charge in [0.05, 0.1) is 0 Å². The van der Waals surface area contributed by atoms with E-state index in [1.807, 2.05) is 19.1 Å². The summed E-state index contributed by atoms with van der Waals surface area (Å²) in [5.74, 6) is 0.370. The summed E-state index contributed by atoms with van der Waals surface area (Å²) in [4.78, 5) is 6.57. The van der Waals surface area contributed by atoms with Crippen molar-refractivity contribution in [2.75, 3.05) is 25.9 Å². The van der Waals surface area contributed by atoms with Gasteiger partial charge in [-0.25, -0.2) is 9.37 Å². The molecule has 0 bridgehead atoms. The van der Waals surface area contributed by atoms with Gasteiger partial charge in [-0.05, 0) is 61.8 Å². The van der Waals surface area contributed by atoms with E-state index in [1.54, 1.807) is 18.3 Å². The van der Waals surface area contributed by atoms with Crippen molar-refractivity contribution in [3.05, 3.63) is 57.8 Å². The highest BCUT2D eigenvalue weighted by atomic mass is 19.1. The molecular formula is C21H25FN4. The fraction of sp³-hybridized carbons (Fsp3) is 0.381. The number of nitrogens with two attached hydrogens (primary N) is 1. The Morgan fingerprint density at radius 2 is 2.19 bits per heavy atom. The Bertz CT molecular complexity index is 933. The minimum absolute atomic E-state index is 0.00393. The summed E-state index contributed by atoms with van der Waals surface area (Å²) in [5, 5.41) is 5.83. The first-order valence-electron chi connectivity index (χ1n) is 9.18. The minimum atomic E-state index is -0.141. The molecule has 136 valence electrons. The SMILES string of the molecule is Cc1cccc(F)c1C1C=c2cnc(N)cc2=C(NC2CCN(C)C2)C1. The number of aromatic nitrogens is 1. The van der Waals surface area contributed by atoms with Crippen molar-refractivity contribution in [3.8, 4) is 0 Å². The predicted octanol–water partition coefficient (Wildman–Crippen LogP) is 1.48. The minimum Gasteiger partial charge on any atom is -0.384 e. The molecule has 1 aliphatic carbocycles. The zero-order valence-corrected chi connectivity index (χ0v) is 15.3. The van der Waals surface area contributed by atoms with Crippen LogP contribution in [0, 0.1) is 12.7 Å². The average molecular weight is 352 g/mol. The summed E-state index contributed by atoms with van der Waals surface area (Å²) in [7, 11) is 2.14. The fourth-order valence-electron chi connectivity index (χ4n) is 4.22. The number of aryl methyl sites for hydroxylation is 1. The number of nitrogens with zero attached hydrogens (tertiary/aromatic N) is 2. The van der Waals surface area contributed by atoms with E-state index in [2.05, 4.69) is 28.3 Å². The van der Waals surface area contributed by atoms with E-state index in [9.17, 15) is 4.39 Å². The molecule has 1 aliphatic heterocycles. The summed E-state index contributed by atoms with van der Waals surface area (Å²) >= 11 is 0. The third kappa shape index (κ3) is 3.19. The summed E-state index contributed by atoms with van der Waals surface area (Å²) in [6.45, 7) is 4.09. The number of nitrogens with one attached hydrogen (secondary N) is 1. The highest BCUT2D eigenvalue weighted by Crippen LogP contribution is 2.31. The lowest BCUT2D eigenvalue weighted by Gasteiger charge is -2.25. The maximum absolute atomic E-state index is 14.6. The van der Waals surface area contributed by atoms with Gasteiger partial charge in [0.2, 0.25) is 0 Å². The van der Waals surface area contributed by atoms with Gasteiger partial charge >= 0.3 is 0 Å². The van der Waals surface area contributed by atoms with Crippen LogP contribution in [0.5, 0.6) is 0 Å². The Morgan fingerprint density at radius 3 is 2.92 bits per heavy atom. The first-order chi connectivity index (χ1) is 12.5. The molecule has 4 nitrogen and oxygen atoms in total. The van der Waals surface area contributed by atoms with Gasteiger partial charge in [-0.15, -0.1) is 0 Å².